The van der Waals surface area contributed by atoms with Crippen LogP contribution in [0.3, 0.4) is 0 Å². The Morgan fingerprint density at radius 3 is 2.46 bits per heavy atom. The summed E-state index contributed by atoms with van der Waals surface area (Å²) in [5.41, 5.74) is 0.844. The molecule has 0 saturated heterocycles. The van der Waals surface area contributed by atoms with Crippen LogP contribution in [0.5, 0.6) is 5.75 Å². The first-order chi connectivity index (χ1) is 5.95. The fourth-order valence-electron chi connectivity index (χ4n) is 1.27. The first-order valence-electron chi connectivity index (χ1n) is 4.12. The van der Waals surface area contributed by atoms with E-state index in [2.05, 4.69) is 0 Å². The van der Waals surface area contributed by atoms with Gasteiger partial charge in [-0.05, 0) is 24.5 Å². The monoisotopic (exact) mass is 202 g/mol. The summed E-state index contributed by atoms with van der Waals surface area (Å²) in [5, 5.41) is 9.70. The summed E-state index contributed by atoms with van der Waals surface area (Å²) in [6, 6.07) is 1.58. The lowest BCUT2D eigenvalue weighted by Gasteiger charge is -2.12. The summed E-state index contributed by atoms with van der Waals surface area (Å²) in [6.07, 6.45) is 0. The lowest BCUT2D eigenvalue weighted by molar-refractivity contribution is 0.423. The molecule has 1 aromatic rings. The Hall–Kier alpha value is -0.760. The van der Waals surface area contributed by atoms with E-state index in [4.69, 9.17) is 11.6 Å². The minimum atomic E-state index is -0.597. The van der Waals surface area contributed by atoms with Crippen LogP contribution in [0, 0.1) is 12.7 Å². The molecular formula is C10H12ClFO. The molecule has 1 rings (SSSR count). The van der Waals surface area contributed by atoms with Gasteiger partial charge in [0.05, 0.1) is 0 Å². The Labute approximate surface area is 82.2 Å². The molecule has 0 atom stereocenters. The third-order valence-corrected chi connectivity index (χ3v) is 2.31. The van der Waals surface area contributed by atoms with Gasteiger partial charge in [0.25, 0.3) is 0 Å². The molecule has 0 aliphatic carbocycles. The summed E-state index contributed by atoms with van der Waals surface area (Å²) in [6.45, 7) is 5.28. The van der Waals surface area contributed by atoms with Crippen LogP contribution in [-0.2, 0) is 0 Å². The number of aryl methyl sites for hydroxylation is 1. The number of aromatic hydroxyl groups is 1. The van der Waals surface area contributed by atoms with Gasteiger partial charge in [-0.3, -0.25) is 0 Å². The van der Waals surface area contributed by atoms with E-state index < -0.39 is 5.82 Å². The molecule has 0 bridgehead atoms. The van der Waals surface area contributed by atoms with Crippen molar-refractivity contribution < 1.29 is 9.50 Å². The average molecular weight is 203 g/mol. The summed E-state index contributed by atoms with van der Waals surface area (Å²) in [7, 11) is 0. The first-order valence-corrected chi connectivity index (χ1v) is 4.50. The minimum absolute atomic E-state index is 0.0287. The topological polar surface area (TPSA) is 20.2 Å². The van der Waals surface area contributed by atoms with Gasteiger partial charge in [0.2, 0.25) is 0 Å². The maximum absolute atomic E-state index is 13.4. The Balaban J connectivity index is 3.44. The molecule has 0 radical (unpaired) electrons. The molecule has 0 aliphatic heterocycles. The Bertz CT molecular complexity index is 334. The molecule has 0 unspecified atom stereocenters. The second kappa shape index (κ2) is 3.54. The van der Waals surface area contributed by atoms with E-state index in [1.165, 1.54) is 0 Å². The summed E-state index contributed by atoms with van der Waals surface area (Å²) in [4.78, 5) is 0. The summed E-state index contributed by atoms with van der Waals surface area (Å²) >= 11 is 5.85. The fraction of sp³-hybridized carbons (Fsp3) is 0.400. The van der Waals surface area contributed by atoms with E-state index in [-0.39, 0.29) is 11.7 Å². The van der Waals surface area contributed by atoms with E-state index in [9.17, 15) is 9.50 Å². The highest BCUT2D eigenvalue weighted by atomic mass is 35.5. The average Bonchev–Trinajstić information content (AvgIpc) is 1.99. The van der Waals surface area contributed by atoms with Gasteiger partial charge >= 0.3 is 0 Å². The van der Waals surface area contributed by atoms with Gasteiger partial charge in [0, 0.05) is 10.6 Å². The molecule has 0 fully saturated rings. The van der Waals surface area contributed by atoms with E-state index in [0.29, 0.717) is 16.1 Å². The van der Waals surface area contributed by atoms with Crippen molar-refractivity contribution in [3.63, 3.8) is 0 Å². The molecule has 0 aromatic heterocycles. The van der Waals surface area contributed by atoms with Crippen LogP contribution in [-0.4, -0.2) is 5.11 Å². The maximum atomic E-state index is 13.4. The first kappa shape index (κ1) is 10.3. The van der Waals surface area contributed by atoms with Crippen LogP contribution in [0.1, 0.15) is 30.9 Å². The zero-order valence-corrected chi connectivity index (χ0v) is 8.61. The quantitative estimate of drug-likeness (QED) is 0.738. The maximum Gasteiger partial charge on any atom is 0.170 e. The SMILES string of the molecule is Cc1cc(Cl)c(C(C)C)c(F)c1O. The van der Waals surface area contributed by atoms with Crippen molar-refractivity contribution >= 4 is 11.6 Å². The van der Waals surface area contributed by atoms with Crippen LogP contribution in [0.25, 0.3) is 0 Å². The highest BCUT2D eigenvalue weighted by molar-refractivity contribution is 6.31. The zero-order valence-electron chi connectivity index (χ0n) is 7.86. The minimum Gasteiger partial charge on any atom is -0.505 e. The van der Waals surface area contributed by atoms with Gasteiger partial charge in [-0.15, -0.1) is 0 Å². The molecule has 1 nitrogen and oxygen atoms in total. The highest BCUT2D eigenvalue weighted by Gasteiger charge is 2.16. The van der Waals surface area contributed by atoms with E-state index >= 15 is 0 Å². The van der Waals surface area contributed by atoms with Crippen LogP contribution in [0.15, 0.2) is 6.07 Å². The van der Waals surface area contributed by atoms with Crippen molar-refractivity contribution in [1.29, 1.82) is 0 Å². The number of benzene rings is 1. The molecule has 1 aromatic carbocycles. The van der Waals surface area contributed by atoms with Gasteiger partial charge in [-0.1, -0.05) is 25.4 Å². The largest absolute Gasteiger partial charge is 0.505 e. The molecule has 0 saturated carbocycles. The normalized spacial score (nSPS) is 10.9. The van der Waals surface area contributed by atoms with Crippen LogP contribution >= 0.6 is 11.6 Å². The molecule has 13 heavy (non-hydrogen) atoms. The summed E-state index contributed by atoms with van der Waals surface area (Å²) < 4.78 is 13.4. The molecular weight excluding hydrogens is 191 g/mol. The third kappa shape index (κ3) is 1.78. The molecule has 0 spiro atoms. The molecule has 72 valence electrons. The second-order valence-corrected chi connectivity index (χ2v) is 3.81. The molecule has 0 aliphatic rings. The highest BCUT2D eigenvalue weighted by Crippen LogP contribution is 2.34. The number of hydrogen-bond acceptors (Lipinski definition) is 1. The summed E-state index contributed by atoms with van der Waals surface area (Å²) in [5.74, 6) is -0.924. The van der Waals surface area contributed by atoms with Crippen molar-refractivity contribution in [3.05, 3.63) is 28.0 Å². The molecule has 1 N–H and O–H groups in total. The number of phenols is 1. The zero-order chi connectivity index (χ0) is 10.2. The van der Waals surface area contributed by atoms with Crippen LogP contribution < -0.4 is 0 Å². The lowest BCUT2D eigenvalue weighted by Crippen LogP contribution is -1.96. The van der Waals surface area contributed by atoms with Crippen molar-refractivity contribution in [2.45, 2.75) is 26.7 Å². The van der Waals surface area contributed by atoms with Crippen molar-refractivity contribution in [1.82, 2.24) is 0 Å². The van der Waals surface area contributed by atoms with E-state index in [0.717, 1.165) is 0 Å². The van der Waals surface area contributed by atoms with Gasteiger partial charge < -0.3 is 5.11 Å². The smallest absolute Gasteiger partial charge is 0.170 e. The molecule has 3 heteroatoms. The number of phenolic OH excluding ortho intramolecular Hbond substituents is 1. The predicted molar refractivity (Wildman–Crippen MR) is 51.9 cm³/mol. The third-order valence-electron chi connectivity index (χ3n) is 2.00. The van der Waals surface area contributed by atoms with E-state index in [1.54, 1.807) is 13.0 Å². The fourth-order valence-corrected chi connectivity index (χ4v) is 1.74. The van der Waals surface area contributed by atoms with Gasteiger partial charge in [-0.25, -0.2) is 4.39 Å². The number of halogens is 2. The van der Waals surface area contributed by atoms with Gasteiger partial charge in [0.15, 0.2) is 11.6 Å². The number of rotatable bonds is 1. The molecule has 0 amide bonds. The number of hydrogen-bond donors (Lipinski definition) is 1. The van der Waals surface area contributed by atoms with Crippen molar-refractivity contribution in [2.24, 2.45) is 0 Å². The second-order valence-electron chi connectivity index (χ2n) is 3.41. The van der Waals surface area contributed by atoms with E-state index in [1.807, 2.05) is 13.8 Å². The van der Waals surface area contributed by atoms with Crippen LogP contribution in [0.2, 0.25) is 5.02 Å². The van der Waals surface area contributed by atoms with Crippen LogP contribution in [0.4, 0.5) is 4.39 Å². The van der Waals surface area contributed by atoms with Gasteiger partial charge in [0.1, 0.15) is 0 Å². The Kier molecular flexibility index (Phi) is 2.81. The Morgan fingerprint density at radius 1 is 1.46 bits per heavy atom. The molecule has 0 heterocycles. The van der Waals surface area contributed by atoms with Crippen molar-refractivity contribution in [3.8, 4) is 5.75 Å². The predicted octanol–water partition coefficient (Wildman–Crippen LogP) is 3.62. The Morgan fingerprint density at radius 2 is 2.00 bits per heavy atom. The van der Waals surface area contributed by atoms with Gasteiger partial charge in [-0.2, -0.15) is 0 Å². The standard InChI is InChI=1S/C10H12ClFO/c1-5(2)8-7(11)4-6(3)10(13)9(8)12/h4-5,13H,1-3H3. The lowest BCUT2D eigenvalue weighted by atomic mass is 10.0. The van der Waals surface area contributed by atoms with Crippen molar-refractivity contribution in [2.75, 3.05) is 0 Å².